The summed E-state index contributed by atoms with van der Waals surface area (Å²) in [4.78, 5) is 10.9. The topological polar surface area (TPSA) is 96.3 Å². The predicted molar refractivity (Wildman–Crippen MR) is 73.3 cm³/mol. The van der Waals surface area contributed by atoms with Crippen LogP contribution in [0.1, 0.15) is 21.5 Å². The molecule has 100 valence electrons. The normalized spacial score (nSPS) is 9.75. The van der Waals surface area contributed by atoms with Crippen molar-refractivity contribution in [3.05, 3.63) is 59.2 Å². The van der Waals surface area contributed by atoms with Crippen molar-refractivity contribution >= 4 is 11.7 Å². The van der Waals surface area contributed by atoms with E-state index in [2.05, 4.69) is 0 Å². The molecule has 2 aromatic rings. The zero-order valence-corrected chi connectivity index (χ0v) is 10.5. The molecule has 0 bridgehead atoms. The summed E-state index contributed by atoms with van der Waals surface area (Å²) in [6, 6.07) is 13.3. The Bertz CT molecular complexity index is 690. The van der Waals surface area contributed by atoms with Gasteiger partial charge in [0.15, 0.2) is 0 Å². The third-order valence-corrected chi connectivity index (χ3v) is 2.71. The average molecular weight is 268 g/mol. The van der Waals surface area contributed by atoms with E-state index in [9.17, 15) is 4.79 Å². The first-order valence-electron chi connectivity index (χ1n) is 5.85. The molecule has 0 aromatic heterocycles. The van der Waals surface area contributed by atoms with Gasteiger partial charge >= 0.3 is 5.97 Å². The van der Waals surface area contributed by atoms with Crippen molar-refractivity contribution in [1.29, 1.82) is 5.26 Å². The number of ether oxygens (including phenoxy) is 1. The van der Waals surface area contributed by atoms with Crippen LogP contribution in [0.2, 0.25) is 0 Å². The summed E-state index contributed by atoms with van der Waals surface area (Å²) in [6.07, 6.45) is 0. The van der Waals surface area contributed by atoms with Crippen LogP contribution in [0.5, 0.6) is 5.75 Å². The SMILES string of the molecule is N#Cc1cccc(COc2cc(C(=O)O)ccc2N)c1. The molecule has 0 saturated carbocycles. The molecule has 0 aliphatic rings. The monoisotopic (exact) mass is 268 g/mol. The molecular formula is C15H12N2O3. The molecule has 0 fully saturated rings. The van der Waals surface area contributed by atoms with Gasteiger partial charge in [-0.15, -0.1) is 0 Å². The molecule has 0 spiro atoms. The first-order valence-corrected chi connectivity index (χ1v) is 5.85. The van der Waals surface area contributed by atoms with Crippen LogP contribution in [0, 0.1) is 11.3 Å². The van der Waals surface area contributed by atoms with Gasteiger partial charge in [-0.2, -0.15) is 5.26 Å². The van der Waals surface area contributed by atoms with Gasteiger partial charge in [0.1, 0.15) is 12.4 Å². The van der Waals surface area contributed by atoms with Crippen LogP contribution in [0.3, 0.4) is 0 Å². The van der Waals surface area contributed by atoms with Gasteiger partial charge in [0.25, 0.3) is 0 Å². The number of nitrogens with zero attached hydrogens (tertiary/aromatic N) is 1. The molecule has 0 atom stereocenters. The van der Waals surface area contributed by atoms with Crippen LogP contribution in [0.4, 0.5) is 5.69 Å². The Morgan fingerprint density at radius 3 is 2.80 bits per heavy atom. The molecule has 0 amide bonds. The highest BCUT2D eigenvalue weighted by Crippen LogP contribution is 2.24. The van der Waals surface area contributed by atoms with Crippen molar-refractivity contribution in [2.75, 3.05) is 5.73 Å². The van der Waals surface area contributed by atoms with E-state index >= 15 is 0 Å². The molecule has 0 aliphatic heterocycles. The van der Waals surface area contributed by atoms with Crippen LogP contribution < -0.4 is 10.5 Å². The predicted octanol–water partition coefficient (Wildman–Crippen LogP) is 2.42. The zero-order chi connectivity index (χ0) is 14.5. The van der Waals surface area contributed by atoms with Gasteiger partial charge in [-0.05, 0) is 35.9 Å². The lowest BCUT2D eigenvalue weighted by atomic mass is 10.1. The Kier molecular flexibility index (Phi) is 3.87. The molecule has 20 heavy (non-hydrogen) atoms. The Hall–Kier alpha value is -3.00. The number of carbonyl (C=O) groups is 1. The number of nitriles is 1. The van der Waals surface area contributed by atoms with Crippen molar-refractivity contribution < 1.29 is 14.6 Å². The summed E-state index contributed by atoms with van der Waals surface area (Å²) in [6.45, 7) is 0.211. The number of anilines is 1. The maximum Gasteiger partial charge on any atom is 0.335 e. The number of aromatic carboxylic acids is 1. The summed E-state index contributed by atoms with van der Waals surface area (Å²) >= 11 is 0. The molecule has 0 aliphatic carbocycles. The summed E-state index contributed by atoms with van der Waals surface area (Å²) in [7, 11) is 0. The fourth-order valence-electron chi connectivity index (χ4n) is 1.68. The highest BCUT2D eigenvalue weighted by Gasteiger charge is 2.08. The lowest BCUT2D eigenvalue weighted by molar-refractivity contribution is 0.0696. The van der Waals surface area contributed by atoms with E-state index < -0.39 is 5.97 Å². The lowest BCUT2D eigenvalue weighted by Gasteiger charge is -2.10. The Labute approximate surface area is 115 Å². The minimum atomic E-state index is -1.04. The number of nitrogens with two attached hydrogens (primary N) is 1. The van der Waals surface area contributed by atoms with Crippen molar-refractivity contribution in [2.24, 2.45) is 0 Å². The maximum absolute atomic E-state index is 10.9. The van der Waals surface area contributed by atoms with Crippen LogP contribution >= 0.6 is 0 Å². The molecule has 0 unspecified atom stereocenters. The second kappa shape index (κ2) is 5.76. The summed E-state index contributed by atoms with van der Waals surface area (Å²) in [5.74, 6) is -0.728. The molecule has 3 N–H and O–H groups in total. The van der Waals surface area contributed by atoms with Crippen LogP contribution in [0.15, 0.2) is 42.5 Å². The quantitative estimate of drug-likeness (QED) is 0.830. The molecule has 0 saturated heterocycles. The lowest BCUT2D eigenvalue weighted by Crippen LogP contribution is -2.02. The summed E-state index contributed by atoms with van der Waals surface area (Å²) in [5, 5.41) is 17.7. The number of rotatable bonds is 4. The van der Waals surface area contributed by atoms with Gasteiger partial charge in [0, 0.05) is 0 Å². The van der Waals surface area contributed by atoms with E-state index in [1.165, 1.54) is 18.2 Å². The average Bonchev–Trinajstić information content (AvgIpc) is 2.46. The second-order valence-corrected chi connectivity index (χ2v) is 4.16. The Morgan fingerprint density at radius 2 is 2.10 bits per heavy atom. The van der Waals surface area contributed by atoms with E-state index in [0.717, 1.165) is 5.56 Å². The van der Waals surface area contributed by atoms with E-state index in [4.69, 9.17) is 20.8 Å². The van der Waals surface area contributed by atoms with Gasteiger partial charge in [-0.3, -0.25) is 0 Å². The number of hydrogen-bond donors (Lipinski definition) is 2. The van der Waals surface area contributed by atoms with Gasteiger partial charge in [-0.1, -0.05) is 12.1 Å². The standard InChI is InChI=1S/C15H12N2O3/c16-8-10-2-1-3-11(6-10)9-20-14-7-12(15(18)19)4-5-13(14)17/h1-7H,9,17H2,(H,18,19). The van der Waals surface area contributed by atoms with Crippen molar-refractivity contribution in [1.82, 2.24) is 0 Å². The number of hydrogen-bond acceptors (Lipinski definition) is 4. The van der Waals surface area contributed by atoms with Crippen LogP contribution in [0.25, 0.3) is 0 Å². The Balaban J connectivity index is 2.16. The largest absolute Gasteiger partial charge is 0.487 e. The van der Waals surface area contributed by atoms with E-state index in [1.54, 1.807) is 18.2 Å². The van der Waals surface area contributed by atoms with Crippen LogP contribution in [-0.4, -0.2) is 11.1 Å². The first kappa shape index (κ1) is 13.4. The minimum Gasteiger partial charge on any atom is -0.487 e. The van der Waals surface area contributed by atoms with E-state index in [-0.39, 0.29) is 12.2 Å². The maximum atomic E-state index is 10.9. The van der Waals surface area contributed by atoms with Gasteiger partial charge < -0.3 is 15.6 Å². The first-order chi connectivity index (χ1) is 9.60. The van der Waals surface area contributed by atoms with Crippen molar-refractivity contribution in [3.63, 3.8) is 0 Å². The molecule has 2 rings (SSSR count). The third kappa shape index (κ3) is 3.06. The van der Waals surface area contributed by atoms with Crippen LogP contribution in [-0.2, 0) is 6.61 Å². The minimum absolute atomic E-state index is 0.111. The molecule has 5 heteroatoms. The smallest absolute Gasteiger partial charge is 0.335 e. The van der Waals surface area contributed by atoms with Gasteiger partial charge in [0.05, 0.1) is 22.9 Å². The van der Waals surface area contributed by atoms with Gasteiger partial charge in [0.2, 0.25) is 0 Å². The summed E-state index contributed by atoms with van der Waals surface area (Å²) < 4.78 is 5.52. The van der Waals surface area contributed by atoms with Gasteiger partial charge in [-0.25, -0.2) is 4.79 Å². The molecule has 5 nitrogen and oxygen atoms in total. The molecule has 0 radical (unpaired) electrons. The highest BCUT2D eigenvalue weighted by atomic mass is 16.5. The number of carboxylic acids is 1. The molecular weight excluding hydrogens is 256 g/mol. The fourth-order valence-corrected chi connectivity index (χ4v) is 1.68. The van der Waals surface area contributed by atoms with Crippen molar-refractivity contribution in [2.45, 2.75) is 6.61 Å². The summed E-state index contributed by atoms with van der Waals surface area (Å²) in [5.41, 5.74) is 7.57. The number of carboxylic acid groups (broad SMARTS) is 1. The molecule has 0 heterocycles. The third-order valence-electron chi connectivity index (χ3n) is 2.71. The Morgan fingerprint density at radius 1 is 1.30 bits per heavy atom. The fraction of sp³-hybridized carbons (Fsp3) is 0.0667. The van der Waals surface area contributed by atoms with E-state index in [1.807, 2.05) is 12.1 Å². The highest BCUT2D eigenvalue weighted by molar-refractivity contribution is 5.89. The zero-order valence-electron chi connectivity index (χ0n) is 10.5. The number of benzene rings is 2. The van der Waals surface area contributed by atoms with Crippen molar-refractivity contribution in [3.8, 4) is 11.8 Å². The number of nitrogen functional groups attached to an aromatic ring is 1. The molecule has 2 aromatic carbocycles. The van der Waals surface area contributed by atoms with E-state index in [0.29, 0.717) is 17.0 Å². The second-order valence-electron chi connectivity index (χ2n) is 4.16.